The van der Waals surface area contributed by atoms with E-state index in [1.807, 2.05) is 13.0 Å². The van der Waals surface area contributed by atoms with E-state index in [4.69, 9.17) is 11.6 Å². The van der Waals surface area contributed by atoms with Crippen LogP contribution < -0.4 is 0 Å². The fraction of sp³-hybridized carbons (Fsp3) is 0.222. The Morgan fingerprint density at radius 2 is 2.23 bits per heavy atom. The Kier molecular flexibility index (Phi) is 3.67. The highest BCUT2D eigenvalue weighted by Crippen LogP contribution is 2.25. The van der Waals surface area contributed by atoms with Gasteiger partial charge in [0.2, 0.25) is 6.08 Å². The fourth-order valence-electron chi connectivity index (χ4n) is 0.970. The van der Waals surface area contributed by atoms with Gasteiger partial charge < -0.3 is 0 Å². The van der Waals surface area contributed by atoms with E-state index in [1.54, 1.807) is 12.1 Å². The quantitative estimate of drug-likeness (QED) is 0.591. The second-order valence-electron chi connectivity index (χ2n) is 2.60. The zero-order valence-electron chi connectivity index (χ0n) is 6.92. The lowest BCUT2D eigenvalue weighted by Gasteiger charge is -2.05. The van der Waals surface area contributed by atoms with Gasteiger partial charge in [-0.3, -0.25) is 0 Å². The number of hydrogen-bond donors (Lipinski definition) is 0. The normalized spacial score (nSPS) is 11.9. The van der Waals surface area contributed by atoms with Crippen molar-refractivity contribution in [1.29, 1.82) is 0 Å². The van der Waals surface area contributed by atoms with Crippen molar-refractivity contribution >= 4 is 33.6 Å². The molecular weight excluding hydrogens is 253 g/mol. The maximum atomic E-state index is 10.0. The lowest BCUT2D eigenvalue weighted by Crippen LogP contribution is -1.88. The van der Waals surface area contributed by atoms with Crippen LogP contribution >= 0.6 is 27.5 Å². The molecule has 0 aromatic heterocycles. The third-order valence-electron chi connectivity index (χ3n) is 1.61. The first kappa shape index (κ1) is 10.5. The van der Waals surface area contributed by atoms with Gasteiger partial charge in [0.05, 0.1) is 6.04 Å². The summed E-state index contributed by atoms with van der Waals surface area (Å²) in [5.74, 6) is 0. The molecule has 4 heteroatoms. The summed E-state index contributed by atoms with van der Waals surface area (Å²) >= 11 is 9.13. The Morgan fingerprint density at radius 3 is 2.77 bits per heavy atom. The van der Waals surface area contributed by atoms with Crippen molar-refractivity contribution in [3.8, 4) is 0 Å². The summed E-state index contributed by atoms with van der Waals surface area (Å²) in [5.41, 5.74) is 0.891. The summed E-state index contributed by atoms with van der Waals surface area (Å²) in [6.07, 6.45) is 1.52. The number of aliphatic imine (C=N–C) groups is 1. The van der Waals surface area contributed by atoms with Crippen molar-refractivity contribution in [2.24, 2.45) is 4.99 Å². The van der Waals surface area contributed by atoms with E-state index >= 15 is 0 Å². The van der Waals surface area contributed by atoms with Gasteiger partial charge in [-0.15, -0.1) is 0 Å². The summed E-state index contributed by atoms with van der Waals surface area (Å²) < 4.78 is 0.878. The van der Waals surface area contributed by atoms with Crippen molar-refractivity contribution in [3.63, 3.8) is 0 Å². The largest absolute Gasteiger partial charge is 0.235 e. The Labute approximate surface area is 89.8 Å². The van der Waals surface area contributed by atoms with Gasteiger partial charge >= 0.3 is 0 Å². The first-order valence-corrected chi connectivity index (χ1v) is 4.83. The first-order chi connectivity index (χ1) is 6.13. The molecule has 0 bridgehead atoms. The van der Waals surface area contributed by atoms with Gasteiger partial charge in [-0.2, -0.15) is 4.99 Å². The molecule has 13 heavy (non-hydrogen) atoms. The number of nitrogens with zero attached hydrogens (tertiary/aromatic N) is 1. The van der Waals surface area contributed by atoms with E-state index < -0.39 is 0 Å². The van der Waals surface area contributed by atoms with Crippen molar-refractivity contribution in [2.45, 2.75) is 13.0 Å². The summed E-state index contributed by atoms with van der Waals surface area (Å²) in [6.45, 7) is 1.81. The average Bonchev–Trinajstić information content (AvgIpc) is 2.03. The minimum absolute atomic E-state index is 0.201. The number of halogens is 2. The summed E-state index contributed by atoms with van der Waals surface area (Å²) in [7, 11) is 0. The molecule has 0 aliphatic heterocycles. The Morgan fingerprint density at radius 1 is 1.54 bits per heavy atom. The second-order valence-corrected chi connectivity index (χ2v) is 3.95. The third-order valence-corrected chi connectivity index (χ3v) is 2.29. The monoisotopic (exact) mass is 259 g/mol. The molecule has 1 aromatic rings. The highest BCUT2D eigenvalue weighted by atomic mass is 79.9. The lowest BCUT2D eigenvalue weighted by atomic mass is 10.1. The van der Waals surface area contributed by atoms with Crippen molar-refractivity contribution in [3.05, 3.63) is 33.3 Å². The van der Waals surface area contributed by atoms with Crippen LogP contribution in [0.5, 0.6) is 0 Å². The molecule has 0 saturated heterocycles. The van der Waals surface area contributed by atoms with Crippen LogP contribution in [0.25, 0.3) is 0 Å². The molecule has 1 rings (SSSR count). The topological polar surface area (TPSA) is 29.4 Å². The van der Waals surface area contributed by atoms with Crippen molar-refractivity contribution < 1.29 is 4.79 Å². The van der Waals surface area contributed by atoms with Gasteiger partial charge in [-0.05, 0) is 30.7 Å². The third kappa shape index (κ3) is 2.96. The number of carbonyl (C=O) groups excluding carboxylic acids is 1. The SMILES string of the molecule is CC(N=C=O)c1cc(Cl)cc(Br)c1. The molecule has 1 unspecified atom stereocenters. The smallest absolute Gasteiger partial charge is 0.211 e. The first-order valence-electron chi connectivity index (χ1n) is 3.66. The van der Waals surface area contributed by atoms with Crippen LogP contribution in [0.15, 0.2) is 27.7 Å². The van der Waals surface area contributed by atoms with E-state index in [1.165, 1.54) is 6.08 Å². The van der Waals surface area contributed by atoms with Crippen LogP contribution in [0.4, 0.5) is 0 Å². The standard InChI is InChI=1S/C9H7BrClNO/c1-6(12-5-13)7-2-8(10)4-9(11)3-7/h2-4,6H,1H3. The van der Waals surface area contributed by atoms with Crippen LogP contribution in [0.3, 0.4) is 0 Å². The summed E-state index contributed by atoms with van der Waals surface area (Å²) in [4.78, 5) is 13.6. The summed E-state index contributed by atoms with van der Waals surface area (Å²) in [5, 5.41) is 0.623. The minimum Gasteiger partial charge on any atom is -0.211 e. The van der Waals surface area contributed by atoms with Crippen LogP contribution in [0, 0.1) is 0 Å². The van der Waals surface area contributed by atoms with Gasteiger partial charge in [-0.1, -0.05) is 27.5 Å². The molecule has 2 nitrogen and oxygen atoms in total. The zero-order valence-corrected chi connectivity index (χ0v) is 9.26. The van der Waals surface area contributed by atoms with Crippen molar-refractivity contribution in [2.75, 3.05) is 0 Å². The maximum absolute atomic E-state index is 10.0. The average molecular weight is 261 g/mol. The Bertz CT molecular complexity index is 340. The van der Waals surface area contributed by atoms with E-state index in [9.17, 15) is 4.79 Å². The van der Waals surface area contributed by atoms with Crippen LogP contribution in [0.2, 0.25) is 5.02 Å². The molecule has 0 fully saturated rings. The molecule has 0 saturated carbocycles. The van der Waals surface area contributed by atoms with E-state index in [0.29, 0.717) is 5.02 Å². The number of benzene rings is 1. The van der Waals surface area contributed by atoms with E-state index in [0.717, 1.165) is 10.0 Å². The molecule has 0 radical (unpaired) electrons. The molecule has 68 valence electrons. The van der Waals surface area contributed by atoms with Crippen molar-refractivity contribution in [1.82, 2.24) is 0 Å². The lowest BCUT2D eigenvalue weighted by molar-refractivity contribution is 0.559. The Balaban J connectivity index is 3.07. The molecule has 0 amide bonds. The molecule has 0 N–H and O–H groups in total. The molecule has 0 aliphatic rings. The summed E-state index contributed by atoms with van der Waals surface area (Å²) in [6, 6.07) is 5.23. The second kappa shape index (κ2) is 4.56. The van der Waals surface area contributed by atoms with Gasteiger partial charge in [0.25, 0.3) is 0 Å². The van der Waals surface area contributed by atoms with E-state index in [2.05, 4.69) is 20.9 Å². The van der Waals surface area contributed by atoms with Crippen LogP contribution in [-0.4, -0.2) is 6.08 Å². The van der Waals surface area contributed by atoms with Gasteiger partial charge in [0, 0.05) is 9.50 Å². The van der Waals surface area contributed by atoms with Crippen LogP contribution in [-0.2, 0) is 4.79 Å². The number of isocyanates is 1. The minimum atomic E-state index is -0.201. The highest BCUT2D eigenvalue weighted by Gasteiger charge is 2.04. The highest BCUT2D eigenvalue weighted by molar-refractivity contribution is 9.10. The predicted octanol–water partition coefficient (Wildman–Crippen LogP) is 3.50. The zero-order chi connectivity index (χ0) is 9.84. The molecule has 0 heterocycles. The molecule has 0 aliphatic carbocycles. The fourth-order valence-corrected chi connectivity index (χ4v) is 1.86. The number of rotatable bonds is 2. The molecular formula is C9H7BrClNO. The maximum Gasteiger partial charge on any atom is 0.235 e. The van der Waals surface area contributed by atoms with Gasteiger partial charge in [0.15, 0.2) is 0 Å². The predicted molar refractivity (Wildman–Crippen MR) is 55.7 cm³/mol. The molecule has 1 aromatic carbocycles. The van der Waals surface area contributed by atoms with Crippen LogP contribution in [0.1, 0.15) is 18.5 Å². The Hall–Kier alpha value is -0.630. The number of hydrogen-bond acceptors (Lipinski definition) is 2. The van der Waals surface area contributed by atoms with Gasteiger partial charge in [0.1, 0.15) is 0 Å². The van der Waals surface area contributed by atoms with Gasteiger partial charge in [-0.25, -0.2) is 4.79 Å². The molecule has 1 atom stereocenters. The molecule has 0 spiro atoms. The van der Waals surface area contributed by atoms with E-state index in [-0.39, 0.29) is 6.04 Å².